The van der Waals surface area contributed by atoms with Crippen molar-refractivity contribution in [2.75, 3.05) is 5.32 Å². The van der Waals surface area contributed by atoms with E-state index in [1.54, 1.807) is 12.3 Å². The summed E-state index contributed by atoms with van der Waals surface area (Å²) in [6, 6.07) is 13.7. The summed E-state index contributed by atoms with van der Waals surface area (Å²) in [5, 5.41) is 2.87. The number of anilines is 1. The van der Waals surface area contributed by atoms with Crippen molar-refractivity contribution in [2.45, 2.75) is 25.7 Å². The fourth-order valence-corrected chi connectivity index (χ4v) is 2.28. The Morgan fingerprint density at radius 1 is 1.20 bits per heavy atom. The Morgan fingerprint density at radius 3 is 2.50 bits per heavy atom. The van der Waals surface area contributed by atoms with Crippen molar-refractivity contribution in [3.05, 3.63) is 58.8 Å². The molecule has 0 spiro atoms. The van der Waals surface area contributed by atoms with Crippen LogP contribution in [0.4, 0.5) is 5.69 Å². The largest absolute Gasteiger partial charge is 0.325 e. The van der Waals surface area contributed by atoms with Crippen molar-refractivity contribution < 1.29 is 4.79 Å². The van der Waals surface area contributed by atoms with Gasteiger partial charge in [0.05, 0.1) is 11.9 Å². The van der Waals surface area contributed by atoms with Crippen LogP contribution >= 0.6 is 15.9 Å². The molecule has 0 aliphatic heterocycles. The Labute approximate surface area is 127 Å². The van der Waals surface area contributed by atoms with Crippen LogP contribution in [0.5, 0.6) is 0 Å². The minimum atomic E-state index is -0.200. The minimum absolute atomic E-state index is 0.0111. The van der Waals surface area contributed by atoms with Crippen molar-refractivity contribution in [1.82, 2.24) is 4.98 Å². The number of nitrogens with one attached hydrogen (secondary N) is 1. The molecule has 3 nitrogen and oxygen atoms in total. The molecule has 0 bridgehead atoms. The summed E-state index contributed by atoms with van der Waals surface area (Å²) >= 11 is 3.27. The van der Waals surface area contributed by atoms with E-state index in [9.17, 15) is 4.79 Å². The van der Waals surface area contributed by atoms with E-state index in [1.165, 1.54) is 0 Å². The van der Waals surface area contributed by atoms with Gasteiger partial charge < -0.3 is 5.32 Å². The van der Waals surface area contributed by atoms with Crippen molar-refractivity contribution in [3.8, 4) is 0 Å². The molecule has 4 heteroatoms. The highest BCUT2D eigenvalue weighted by atomic mass is 79.9. The fourth-order valence-electron chi connectivity index (χ4n) is 2.05. The van der Waals surface area contributed by atoms with Gasteiger partial charge in [0, 0.05) is 6.42 Å². The van der Waals surface area contributed by atoms with E-state index in [0.29, 0.717) is 12.1 Å². The van der Waals surface area contributed by atoms with E-state index in [-0.39, 0.29) is 11.3 Å². The first-order valence-corrected chi connectivity index (χ1v) is 7.24. The second kappa shape index (κ2) is 6.18. The van der Waals surface area contributed by atoms with Gasteiger partial charge in [-0.15, -0.1) is 0 Å². The molecule has 0 saturated heterocycles. The number of halogens is 1. The molecule has 1 N–H and O–H groups in total. The molecule has 0 radical (unpaired) electrons. The molecule has 20 heavy (non-hydrogen) atoms. The molecule has 0 unspecified atom stereocenters. The number of carbonyl (C=O) groups is 1. The highest BCUT2D eigenvalue weighted by molar-refractivity contribution is 9.10. The van der Waals surface area contributed by atoms with Crippen LogP contribution in [0.1, 0.15) is 25.8 Å². The van der Waals surface area contributed by atoms with Crippen LogP contribution in [-0.2, 0) is 10.2 Å². The quantitative estimate of drug-likeness (QED) is 0.854. The number of hydrogen-bond acceptors (Lipinski definition) is 2. The molecule has 0 fully saturated rings. The first-order chi connectivity index (χ1) is 9.47. The van der Waals surface area contributed by atoms with E-state index in [4.69, 9.17) is 0 Å². The molecule has 0 aliphatic rings. The third-order valence-electron chi connectivity index (χ3n) is 3.17. The lowest BCUT2D eigenvalue weighted by Gasteiger charge is -2.24. The molecule has 2 aromatic rings. The Hall–Kier alpha value is -1.68. The molecule has 2 rings (SSSR count). The van der Waals surface area contributed by atoms with Crippen LogP contribution < -0.4 is 5.32 Å². The molecule has 0 saturated carbocycles. The Kier molecular flexibility index (Phi) is 4.55. The second-order valence-corrected chi connectivity index (χ2v) is 6.16. The number of carbonyl (C=O) groups excluding carboxylic acids is 1. The molecular weight excluding hydrogens is 316 g/mol. The van der Waals surface area contributed by atoms with Crippen LogP contribution in [0.15, 0.2) is 53.3 Å². The first kappa shape index (κ1) is 14.7. The van der Waals surface area contributed by atoms with Gasteiger partial charge in [0.25, 0.3) is 0 Å². The highest BCUT2D eigenvalue weighted by Gasteiger charge is 2.24. The van der Waals surface area contributed by atoms with E-state index >= 15 is 0 Å². The number of benzene rings is 1. The van der Waals surface area contributed by atoms with E-state index in [2.05, 4.69) is 52.2 Å². The van der Waals surface area contributed by atoms with Crippen LogP contribution in [0.25, 0.3) is 0 Å². The lowest BCUT2D eigenvalue weighted by molar-refractivity contribution is -0.117. The van der Waals surface area contributed by atoms with E-state index in [1.807, 2.05) is 24.3 Å². The summed E-state index contributed by atoms with van der Waals surface area (Å²) < 4.78 is 0.750. The van der Waals surface area contributed by atoms with Crippen LogP contribution in [0.2, 0.25) is 0 Å². The lowest BCUT2D eigenvalue weighted by Crippen LogP contribution is -2.25. The van der Waals surface area contributed by atoms with Crippen molar-refractivity contribution in [2.24, 2.45) is 0 Å². The van der Waals surface area contributed by atoms with Gasteiger partial charge in [0.1, 0.15) is 4.60 Å². The highest BCUT2D eigenvalue weighted by Crippen LogP contribution is 2.27. The predicted octanol–water partition coefficient (Wildman–Crippen LogP) is 4.15. The van der Waals surface area contributed by atoms with Crippen LogP contribution in [0.3, 0.4) is 0 Å². The molecule has 1 aromatic carbocycles. The molecule has 1 aromatic heterocycles. The zero-order valence-electron chi connectivity index (χ0n) is 11.6. The second-order valence-electron chi connectivity index (χ2n) is 5.34. The zero-order valence-corrected chi connectivity index (χ0v) is 13.1. The van der Waals surface area contributed by atoms with E-state index in [0.717, 1.165) is 10.2 Å². The van der Waals surface area contributed by atoms with Gasteiger partial charge in [0.2, 0.25) is 5.91 Å². The maximum absolute atomic E-state index is 12.1. The average molecular weight is 333 g/mol. The van der Waals surface area contributed by atoms with Crippen molar-refractivity contribution >= 4 is 27.5 Å². The lowest BCUT2D eigenvalue weighted by atomic mass is 9.81. The third-order valence-corrected chi connectivity index (χ3v) is 3.64. The maximum Gasteiger partial charge on any atom is 0.225 e. The number of aromatic nitrogens is 1. The molecule has 104 valence electrons. The van der Waals surface area contributed by atoms with Crippen LogP contribution in [0, 0.1) is 0 Å². The van der Waals surface area contributed by atoms with Gasteiger partial charge in [-0.2, -0.15) is 0 Å². The summed E-state index contributed by atoms with van der Waals surface area (Å²) in [6.45, 7) is 4.14. The van der Waals surface area contributed by atoms with Crippen molar-refractivity contribution in [1.29, 1.82) is 0 Å². The number of nitrogens with zero attached hydrogens (tertiary/aromatic N) is 1. The molecule has 1 heterocycles. The van der Waals surface area contributed by atoms with Gasteiger partial charge in [0.15, 0.2) is 0 Å². The van der Waals surface area contributed by atoms with Gasteiger partial charge in [-0.05, 0) is 39.0 Å². The summed E-state index contributed by atoms with van der Waals surface area (Å²) in [4.78, 5) is 16.2. The number of hydrogen-bond donors (Lipinski definition) is 1. The average Bonchev–Trinajstić information content (AvgIpc) is 2.42. The fraction of sp³-hybridized carbons (Fsp3) is 0.250. The smallest absolute Gasteiger partial charge is 0.225 e. The minimum Gasteiger partial charge on any atom is -0.325 e. The van der Waals surface area contributed by atoms with Gasteiger partial charge >= 0.3 is 0 Å². The molecule has 0 aliphatic carbocycles. The normalized spacial score (nSPS) is 11.2. The summed E-state index contributed by atoms with van der Waals surface area (Å²) in [5.74, 6) is -0.0111. The Balaban J connectivity index is 2.02. The molecule has 0 atom stereocenters. The van der Waals surface area contributed by atoms with E-state index < -0.39 is 0 Å². The zero-order chi connectivity index (χ0) is 14.6. The summed E-state index contributed by atoms with van der Waals surface area (Å²) in [6.07, 6.45) is 2.06. The Morgan fingerprint density at radius 2 is 1.90 bits per heavy atom. The monoisotopic (exact) mass is 332 g/mol. The summed E-state index contributed by atoms with van der Waals surface area (Å²) in [7, 11) is 0. The van der Waals surface area contributed by atoms with Gasteiger partial charge in [-0.25, -0.2) is 4.98 Å². The van der Waals surface area contributed by atoms with Crippen LogP contribution in [-0.4, -0.2) is 10.9 Å². The molecular formula is C16H17BrN2O. The topological polar surface area (TPSA) is 42.0 Å². The third kappa shape index (κ3) is 3.90. The SMILES string of the molecule is CC(C)(CC(=O)Nc1ccc(Br)nc1)c1ccccc1. The first-order valence-electron chi connectivity index (χ1n) is 6.44. The predicted molar refractivity (Wildman–Crippen MR) is 84.7 cm³/mol. The Bertz CT molecular complexity index is 579. The maximum atomic E-state index is 12.1. The number of amides is 1. The molecule has 1 amide bonds. The standard InChI is InChI=1S/C16H17BrN2O/c1-16(2,12-6-4-3-5-7-12)10-15(20)19-13-8-9-14(17)18-11-13/h3-9,11H,10H2,1-2H3,(H,19,20). The number of rotatable bonds is 4. The van der Waals surface area contributed by atoms with Gasteiger partial charge in [-0.1, -0.05) is 44.2 Å². The van der Waals surface area contributed by atoms with Gasteiger partial charge in [-0.3, -0.25) is 4.79 Å². The van der Waals surface area contributed by atoms with Crippen molar-refractivity contribution in [3.63, 3.8) is 0 Å². The summed E-state index contributed by atoms with van der Waals surface area (Å²) in [5.41, 5.74) is 1.67. The number of pyridine rings is 1.